The number of morpholine rings is 1. The van der Waals surface area contributed by atoms with Crippen molar-refractivity contribution in [2.75, 3.05) is 13.2 Å². The highest BCUT2D eigenvalue weighted by Crippen LogP contribution is 2.32. The average molecular weight is 355 g/mol. The number of hydrogen-bond acceptors (Lipinski definition) is 5. The summed E-state index contributed by atoms with van der Waals surface area (Å²) in [4.78, 5) is 29.4. The molecule has 1 atom stereocenters. The van der Waals surface area contributed by atoms with Crippen LogP contribution in [0.4, 0.5) is 5.69 Å². The molecule has 26 heavy (non-hydrogen) atoms. The van der Waals surface area contributed by atoms with Crippen molar-refractivity contribution in [2.45, 2.75) is 32.4 Å². The summed E-state index contributed by atoms with van der Waals surface area (Å²) in [5, 5.41) is 11.0. The van der Waals surface area contributed by atoms with Crippen LogP contribution in [0.1, 0.15) is 41.6 Å². The van der Waals surface area contributed by atoms with Crippen LogP contribution < -0.4 is 0 Å². The van der Waals surface area contributed by atoms with Gasteiger partial charge in [0.25, 0.3) is 11.6 Å². The van der Waals surface area contributed by atoms with Gasteiger partial charge in [0.2, 0.25) is 0 Å². The van der Waals surface area contributed by atoms with Gasteiger partial charge >= 0.3 is 0 Å². The summed E-state index contributed by atoms with van der Waals surface area (Å²) < 4.78 is 5.97. The van der Waals surface area contributed by atoms with Crippen LogP contribution in [0.3, 0.4) is 0 Å². The summed E-state index contributed by atoms with van der Waals surface area (Å²) in [6.45, 7) is 6.27. The molecule has 1 unspecified atom stereocenters. The zero-order chi connectivity index (χ0) is 18.9. The fourth-order valence-electron chi connectivity index (χ4n) is 3.06. The monoisotopic (exact) mass is 355 g/mol. The average Bonchev–Trinajstić information content (AvgIpc) is 2.62. The molecular formula is C19H21N3O4. The topological polar surface area (TPSA) is 85.6 Å². The molecule has 136 valence electrons. The predicted octanol–water partition coefficient (Wildman–Crippen LogP) is 3.29. The lowest BCUT2D eigenvalue weighted by molar-refractivity contribution is -0.385. The van der Waals surface area contributed by atoms with E-state index in [1.165, 1.54) is 12.3 Å². The lowest BCUT2D eigenvalue weighted by atomic mass is 9.96. The van der Waals surface area contributed by atoms with E-state index in [0.29, 0.717) is 18.8 Å². The molecule has 7 heteroatoms. The fourth-order valence-corrected chi connectivity index (χ4v) is 3.06. The Hall–Kier alpha value is -2.80. The Bertz CT molecular complexity index is 836. The zero-order valence-electron chi connectivity index (χ0n) is 15.0. The lowest BCUT2D eigenvalue weighted by Gasteiger charge is -2.45. The molecule has 2 heterocycles. The van der Waals surface area contributed by atoms with Gasteiger partial charge in [-0.15, -0.1) is 0 Å². The molecule has 0 bridgehead atoms. The highest BCUT2D eigenvalue weighted by Gasteiger charge is 2.39. The minimum atomic E-state index is -0.541. The largest absolute Gasteiger partial charge is 0.369 e. The molecular weight excluding hydrogens is 334 g/mol. The number of nitrogens with zero attached hydrogens (tertiary/aromatic N) is 3. The molecule has 1 aliphatic heterocycles. The molecule has 0 spiro atoms. The van der Waals surface area contributed by atoms with E-state index in [1.807, 2.05) is 44.2 Å². The van der Waals surface area contributed by atoms with Crippen molar-refractivity contribution < 1.29 is 14.5 Å². The number of nitro groups is 1. The molecule has 7 nitrogen and oxygen atoms in total. The normalized spacial score (nSPS) is 19.2. The van der Waals surface area contributed by atoms with Crippen molar-refractivity contribution in [3.63, 3.8) is 0 Å². The Morgan fingerprint density at radius 2 is 2.04 bits per heavy atom. The van der Waals surface area contributed by atoms with Crippen molar-refractivity contribution in [2.24, 2.45) is 0 Å². The van der Waals surface area contributed by atoms with Gasteiger partial charge < -0.3 is 9.64 Å². The minimum Gasteiger partial charge on any atom is -0.369 e. The fraction of sp³-hybridized carbons (Fsp3) is 0.368. The standard InChI is InChI=1S/C19H21N3O4/c1-13-16(9-15(10-20-13)22(24)25)18(23)21-11-17(26-12-19(21,2)3)14-7-5-4-6-8-14/h4-10,17H,11-12H2,1-3H3. The number of carbonyl (C=O) groups is 1. The van der Waals surface area contributed by atoms with E-state index >= 15 is 0 Å². The second-order valence-corrected chi connectivity index (χ2v) is 7.02. The highest BCUT2D eigenvalue weighted by molar-refractivity contribution is 5.96. The van der Waals surface area contributed by atoms with Crippen LogP contribution in [0.2, 0.25) is 0 Å². The van der Waals surface area contributed by atoms with Gasteiger partial charge in [0.05, 0.1) is 34.9 Å². The number of pyridine rings is 1. The second kappa shape index (κ2) is 6.84. The maximum Gasteiger partial charge on any atom is 0.288 e. The first kappa shape index (κ1) is 18.0. The maximum atomic E-state index is 13.2. The van der Waals surface area contributed by atoms with Gasteiger partial charge in [-0.05, 0) is 26.3 Å². The molecule has 1 fully saturated rings. The molecule has 1 aromatic carbocycles. The van der Waals surface area contributed by atoms with Crippen LogP contribution in [0.25, 0.3) is 0 Å². The Kier molecular flexibility index (Phi) is 4.73. The summed E-state index contributed by atoms with van der Waals surface area (Å²) >= 11 is 0. The Morgan fingerprint density at radius 3 is 2.69 bits per heavy atom. The summed E-state index contributed by atoms with van der Waals surface area (Å²) in [6.07, 6.45) is 0.934. The van der Waals surface area contributed by atoms with E-state index in [4.69, 9.17) is 4.74 Å². The zero-order valence-corrected chi connectivity index (χ0v) is 15.0. The summed E-state index contributed by atoms with van der Waals surface area (Å²) in [5.41, 5.74) is 0.999. The highest BCUT2D eigenvalue weighted by atomic mass is 16.6. The first-order chi connectivity index (χ1) is 12.3. The summed E-state index contributed by atoms with van der Waals surface area (Å²) in [6, 6.07) is 11.0. The first-order valence-corrected chi connectivity index (χ1v) is 8.39. The number of aryl methyl sites for hydroxylation is 1. The Balaban J connectivity index is 1.93. The van der Waals surface area contributed by atoms with Crippen LogP contribution in [0.5, 0.6) is 0 Å². The number of ether oxygens (including phenoxy) is 1. The molecule has 1 amide bonds. The van der Waals surface area contributed by atoms with E-state index in [-0.39, 0.29) is 23.3 Å². The molecule has 0 N–H and O–H groups in total. The number of rotatable bonds is 3. The molecule has 1 aromatic heterocycles. The van der Waals surface area contributed by atoms with Crippen LogP contribution in [-0.4, -0.2) is 39.4 Å². The molecule has 3 rings (SSSR count). The smallest absolute Gasteiger partial charge is 0.288 e. The van der Waals surface area contributed by atoms with E-state index in [2.05, 4.69) is 4.98 Å². The molecule has 0 aliphatic carbocycles. The minimum absolute atomic E-state index is 0.190. The molecule has 2 aromatic rings. The van der Waals surface area contributed by atoms with Crippen LogP contribution in [-0.2, 0) is 4.74 Å². The van der Waals surface area contributed by atoms with Crippen molar-refractivity contribution in [1.82, 2.24) is 9.88 Å². The van der Waals surface area contributed by atoms with Gasteiger partial charge in [0, 0.05) is 6.07 Å². The van der Waals surface area contributed by atoms with Crippen LogP contribution in [0.15, 0.2) is 42.6 Å². The van der Waals surface area contributed by atoms with E-state index in [0.717, 1.165) is 5.56 Å². The van der Waals surface area contributed by atoms with Crippen LogP contribution in [0, 0.1) is 17.0 Å². The van der Waals surface area contributed by atoms with E-state index < -0.39 is 10.5 Å². The van der Waals surface area contributed by atoms with E-state index in [9.17, 15) is 14.9 Å². The second-order valence-electron chi connectivity index (χ2n) is 7.02. The summed E-state index contributed by atoms with van der Waals surface area (Å²) in [7, 11) is 0. The Labute approximate surface area is 151 Å². The quantitative estimate of drug-likeness (QED) is 0.623. The molecule has 1 saturated heterocycles. The molecule has 1 aliphatic rings. The van der Waals surface area contributed by atoms with Gasteiger partial charge in [-0.25, -0.2) is 0 Å². The van der Waals surface area contributed by atoms with Crippen molar-refractivity contribution in [3.05, 3.63) is 69.5 Å². The first-order valence-electron chi connectivity index (χ1n) is 8.39. The van der Waals surface area contributed by atoms with Crippen molar-refractivity contribution in [1.29, 1.82) is 0 Å². The molecule has 0 radical (unpaired) electrons. The van der Waals surface area contributed by atoms with Gasteiger partial charge in [-0.2, -0.15) is 0 Å². The Morgan fingerprint density at radius 1 is 1.35 bits per heavy atom. The van der Waals surface area contributed by atoms with E-state index in [1.54, 1.807) is 11.8 Å². The van der Waals surface area contributed by atoms with Gasteiger partial charge in [-0.3, -0.25) is 19.9 Å². The number of amides is 1. The number of aromatic nitrogens is 1. The van der Waals surface area contributed by atoms with Gasteiger partial charge in [-0.1, -0.05) is 30.3 Å². The number of benzene rings is 1. The van der Waals surface area contributed by atoms with Gasteiger partial charge in [0.15, 0.2) is 0 Å². The third-order valence-corrected chi connectivity index (χ3v) is 4.65. The number of hydrogen-bond donors (Lipinski definition) is 0. The van der Waals surface area contributed by atoms with Crippen molar-refractivity contribution in [3.8, 4) is 0 Å². The predicted molar refractivity (Wildman–Crippen MR) is 95.9 cm³/mol. The lowest BCUT2D eigenvalue weighted by Crippen LogP contribution is -2.56. The SMILES string of the molecule is Cc1ncc([N+](=O)[O-])cc1C(=O)N1CC(c2ccccc2)OCC1(C)C. The van der Waals surface area contributed by atoms with Gasteiger partial charge in [0.1, 0.15) is 12.3 Å². The third kappa shape index (κ3) is 3.43. The third-order valence-electron chi connectivity index (χ3n) is 4.65. The maximum absolute atomic E-state index is 13.2. The number of carbonyl (C=O) groups excluding carboxylic acids is 1. The molecule has 0 saturated carbocycles. The van der Waals surface area contributed by atoms with Crippen molar-refractivity contribution >= 4 is 11.6 Å². The summed E-state index contributed by atoms with van der Waals surface area (Å²) in [5.74, 6) is -0.270. The van der Waals surface area contributed by atoms with Crippen LogP contribution >= 0.6 is 0 Å².